The first-order chi connectivity index (χ1) is 38.5. The molecular weight excluding hydrogens is 959 g/mol. The molecule has 0 bridgehead atoms. The Bertz CT molecular complexity index is 4760. The lowest BCUT2D eigenvalue weighted by Crippen LogP contribution is -2.11. The first kappa shape index (κ1) is 45.4. The van der Waals surface area contributed by atoms with E-state index in [1.165, 1.54) is 17.5 Å². The largest absolute Gasteiger partial charge is 0.313 e. The number of allylic oxidation sites excluding steroid dienone is 4. The van der Waals surface area contributed by atoms with Gasteiger partial charge in [-0.1, -0.05) is 152 Å². The molecule has 0 saturated heterocycles. The Hall–Kier alpha value is -10.0. The Labute approximate surface area is 449 Å². The van der Waals surface area contributed by atoms with Gasteiger partial charge in [-0.25, -0.2) is 8.78 Å². The van der Waals surface area contributed by atoms with Crippen LogP contribution >= 0.6 is 0 Å². The highest BCUT2D eigenvalue weighted by Crippen LogP contribution is 2.48. The molecular formula is C72H48F2N4. The number of para-hydroxylation sites is 2. The van der Waals surface area contributed by atoms with Crippen molar-refractivity contribution in [3.63, 3.8) is 0 Å². The predicted octanol–water partition coefficient (Wildman–Crippen LogP) is 20.6. The molecule has 0 spiro atoms. The Kier molecular flexibility index (Phi) is 10.7. The normalized spacial score (nSPS) is 12.8. The zero-order chi connectivity index (χ0) is 51.8. The quantitative estimate of drug-likeness (QED) is 0.143. The topological polar surface area (TPSA) is 16.3 Å². The fourth-order valence-corrected chi connectivity index (χ4v) is 12.3. The van der Waals surface area contributed by atoms with Crippen LogP contribution in [0.15, 0.2) is 273 Å². The van der Waals surface area contributed by atoms with Crippen LogP contribution in [0.3, 0.4) is 0 Å². The lowest BCUT2D eigenvalue weighted by atomic mass is 9.95. The van der Waals surface area contributed by atoms with Gasteiger partial charge < -0.3 is 18.9 Å². The van der Waals surface area contributed by atoms with E-state index in [1.807, 2.05) is 18.2 Å². The highest BCUT2D eigenvalue weighted by molar-refractivity contribution is 6.15. The summed E-state index contributed by atoms with van der Waals surface area (Å²) in [6, 6.07) is 89.9. The maximum Gasteiger partial charge on any atom is 0.123 e. The Morgan fingerprint density at radius 1 is 0.321 bits per heavy atom. The molecule has 14 aromatic rings. The maximum absolute atomic E-state index is 14.3. The second kappa shape index (κ2) is 18.4. The van der Waals surface area contributed by atoms with Gasteiger partial charge in [-0.3, -0.25) is 0 Å². The molecule has 12 aromatic carbocycles. The molecule has 0 N–H and O–H groups in total. The molecule has 0 aliphatic heterocycles. The van der Waals surface area contributed by atoms with Gasteiger partial charge in [0.05, 0.1) is 39.1 Å². The van der Waals surface area contributed by atoms with Gasteiger partial charge in [0.15, 0.2) is 0 Å². The minimum absolute atomic E-state index is 0.0800. The summed E-state index contributed by atoms with van der Waals surface area (Å²) in [5.74, 6) is -0.340. The molecule has 2 heterocycles. The van der Waals surface area contributed by atoms with Gasteiger partial charge in [0.1, 0.15) is 11.6 Å². The van der Waals surface area contributed by atoms with Crippen molar-refractivity contribution in [3.8, 4) is 16.8 Å². The molecule has 4 nitrogen and oxygen atoms in total. The minimum atomic E-state index is -0.260. The standard InChI is InChI=1S/C72H48F2N4/c73-50-29-35-53(36-30-50)76-68-23-9-7-21-62(68)64-45-55(39-42-71(64)76)75(66-25-11-15-47-13-1-3-17-58(47)66)52-33-27-49(28-34-52)57-41-44-70(61-20-6-5-19-60(57)61)78(67-26-12-16-48-14-2-4-18-59(48)67)56-40-43-72-65(46-56)63-22-8-10-24-69(63)77(72)54-37-31-51(74)32-38-54/h1-29,31-35,37-46H,30,36H2. The molecule has 0 fully saturated rings. The van der Waals surface area contributed by atoms with Crippen LogP contribution in [0.1, 0.15) is 12.8 Å². The summed E-state index contributed by atoms with van der Waals surface area (Å²) in [6.45, 7) is 0. The number of halogens is 2. The zero-order valence-electron chi connectivity index (χ0n) is 42.4. The maximum atomic E-state index is 14.3. The van der Waals surface area contributed by atoms with Gasteiger partial charge in [-0.05, 0) is 149 Å². The molecule has 0 amide bonds. The Morgan fingerprint density at radius 3 is 1.44 bits per heavy atom. The van der Waals surface area contributed by atoms with Crippen molar-refractivity contribution in [2.75, 3.05) is 9.80 Å². The zero-order valence-corrected chi connectivity index (χ0v) is 42.4. The molecule has 15 rings (SSSR count). The van der Waals surface area contributed by atoms with Crippen LogP contribution in [0.4, 0.5) is 42.9 Å². The average molecular weight is 1010 g/mol. The number of aromatic nitrogens is 2. The molecule has 78 heavy (non-hydrogen) atoms. The van der Waals surface area contributed by atoms with Crippen LogP contribution in [0.2, 0.25) is 0 Å². The van der Waals surface area contributed by atoms with E-state index in [4.69, 9.17) is 0 Å². The highest BCUT2D eigenvalue weighted by Gasteiger charge is 2.24. The lowest BCUT2D eigenvalue weighted by Gasteiger charge is -2.29. The van der Waals surface area contributed by atoms with E-state index in [1.54, 1.807) is 6.08 Å². The van der Waals surface area contributed by atoms with Crippen LogP contribution in [0.5, 0.6) is 0 Å². The van der Waals surface area contributed by atoms with Crippen molar-refractivity contribution < 1.29 is 8.78 Å². The fourth-order valence-electron chi connectivity index (χ4n) is 12.3. The van der Waals surface area contributed by atoms with Crippen LogP contribution < -0.4 is 9.80 Å². The van der Waals surface area contributed by atoms with E-state index in [9.17, 15) is 8.78 Å². The molecule has 0 atom stereocenters. The summed E-state index contributed by atoms with van der Waals surface area (Å²) < 4.78 is 33.1. The monoisotopic (exact) mass is 1010 g/mol. The molecule has 0 saturated carbocycles. The van der Waals surface area contributed by atoms with Gasteiger partial charge >= 0.3 is 0 Å². The Morgan fingerprint density at radius 2 is 0.808 bits per heavy atom. The van der Waals surface area contributed by atoms with E-state index in [2.05, 4.69) is 249 Å². The van der Waals surface area contributed by atoms with Crippen LogP contribution in [0.25, 0.3) is 98.4 Å². The SMILES string of the molecule is FC1=CC=C(n2c3ccccc3c3cc(N(c4ccc(-c5ccc(N(c6ccc7c(c6)c6ccccc6n7-c6ccc(F)cc6)c6cccc7ccccc67)c6ccccc56)cc4)c4cccc5ccccc45)ccc32)CC1. The van der Waals surface area contributed by atoms with E-state index in [0.29, 0.717) is 12.8 Å². The number of anilines is 6. The van der Waals surface area contributed by atoms with Crippen molar-refractivity contribution in [2.24, 2.45) is 0 Å². The van der Waals surface area contributed by atoms with Gasteiger partial charge in [0.2, 0.25) is 0 Å². The van der Waals surface area contributed by atoms with Gasteiger partial charge in [0.25, 0.3) is 0 Å². The molecule has 370 valence electrons. The fraction of sp³-hybridized carbons (Fsp3) is 0.0278. The van der Waals surface area contributed by atoms with Gasteiger partial charge in [-0.2, -0.15) is 0 Å². The minimum Gasteiger partial charge on any atom is -0.313 e. The van der Waals surface area contributed by atoms with Gasteiger partial charge in [0, 0.05) is 72.6 Å². The van der Waals surface area contributed by atoms with Crippen LogP contribution in [0, 0.1) is 5.82 Å². The van der Waals surface area contributed by atoms with E-state index < -0.39 is 0 Å². The predicted molar refractivity (Wildman–Crippen MR) is 324 cm³/mol. The highest BCUT2D eigenvalue weighted by atomic mass is 19.1. The number of fused-ring (bicyclic) bond motifs is 9. The van der Waals surface area contributed by atoms with E-state index >= 15 is 0 Å². The molecule has 6 heteroatoms. The molecule has 0 radical (unpaired) electrons. The summed E-state index contributed by atoms with van der Waals surface area (Å²) in [7, 11) is 0. The first-order valence-electron chi connectivity index (χ1n) is 26.6. The number of nitrogens with zero attached hydrogens (tertiary/aromatic N) is 4. The van der Waals surface area contributed by atoms with Crippen LogP contribution in [-0.4, -0.2) is 9.13 Å². The average Bonchev–Trinajstić information content (AvgIpc) is 4.19. The number of rotatable bonds is 9. The Balaban J connectivity index is 0.877. The summed E-state index contributed by atoms with van der Waals surface area (Å²) in [4.78, 5) is 4.80. The van der Waals surface area contributed by atoms with E-state index in [0.717, 1.165) is 127 Å². The second-order valence-corrected chi connectivity index (χ2v) is 20.2. The second-order valence-electron chi connectivity index (χ2n) is 20.2. The van der Waals surface area contributed by atoms with Crippen molar-refractivity contribution >= 4 is 116 Å². The summed E-state index contributed by atoms with van der Waals surface area (Å²) in [6.07, 6.45) is 4.58. The third kappa shape index (κ3) is 7.40. The van der Waals surface area contributed by atoms with Crippen molar-refractivity contribution in [1.82, 2.24) is 9.13 Å². The number of benzene rings is 12. The lowest BCUT2D eigenvalue weighted by molar-refractivity contribution is 0.587. The summed E-state index contributed by atoms with van der Waals surface area (Å²) >= 11 is 0. The molecule has 2 aromatic heterocycles. The smallest absolute Gasteiger partial charge is 0.123 e. The summed E-state index contributed by atoms with van der Waals surface area (Å²) in [5, 5.41) is 11.4. The van der Waals surface area contributed by atoms with Crippen molar-refractivity contribution in [2.45, 2.75) is 12.8 Å². The van der Waals surface area contributed by atoms with E-state index in [-0.39, 0.29) is 11.6 Å². The first-order valence-corrected chi connectivity index (χ1v) is 26.6. The summed E-state index contributed by atoms with van der Waals surface area (Å²) in [5.41, 5.74) is 14.9. The van der Waals surface area contributed by atoms with Crippen molar-refractivity contribution in [1.29, 1.82) is 0 Å². The molecule has 0 unspecified atom stereocenters. The third-order valence-electron chi connectivity index (χ3n) is 15.9. The molecule has 1 aliphatic rings. The number of hydrogen-bond acceptors (Lipinski definition) is 2. The number of hydrogen-bond donors (Lipinski definition) is 0. The third-order valence-corrected chi connectivity index (χ3v) is 15.9. The van der Waals surface area contributed by atoms with Gasteiger partial charge in [-0.15, -0.1) is 0 Å². The van der Waals surface area contributed by atoms with Crippen LogP contribution in [-0.2, 0) is 0 Å². The molecule has 1 aliphatic carbocycles. The van der Waals surface area contributed by atoms with Crippen molar-refractivity contribution in [3.05, 3.63) is 279 Å².